The minimum atomic E-state index is -0.343. The van der Waals surface area contributed by atoms with Crippen molar-refractivity contribution in [3.63, 3.8) is 0 Å². The summed E-state index contributed by atoms with van der Waals surface area (Å²) in [5.74, 6) is 3.72. The molecule has 0 radical (unpaired) electrons. The first-order valence-corrected chi connectivity index (χ1v) is 10.5. The SMILES string of the molecule is CCC(C)c1ccc(OC(C)OCCOc2ccc(Oc3ccccc3)cc2)cc1. The lowest BCUT2D eigenvalue weighted by Crippen LogP contribution is -2.19. The van der Waals surface area contributed by atoms with Crippen molar-refractivity contribution in [1.29, 1.82) is 0 Å². The lowest BCUT2D eigenvalue weighted by Gasteiger charge is -2.17. The molecule has 0 saturated heterocycles. The zero-order valence-electron chi connectivity index (χ0n) is 17.9. The summed E-state index contributed by atoms with van der Waals surface area (Å²) in [6.45, 7) is 7.19. The highest BCUT2D eigenvalue weighted by atomic mass is 16.7. The molecule has 0 N–H and O–H groups in total. The van der Waals surface area contributed by atoms with Crippen LogP contribution in [0, 0.1) is 0 Å². The van der Waals surface area contributed by atoms with E-state index in [1.54, 1.807) is 0 Å². The van der Waals surface area contributed by atoms with Crippen molar-refractivity contribution in [1.82, 2.24) is 0 Å². The third kappa shape index (κ3) is 6.82. The molecule has 158 valence electrons. The van der Waals surface area contributed by atoms with Gasteiger partial charge in [0.1, 0.15) is 29.6 Å². The Morgan fingerprint density at radius 3 is 1.93 bits per heavy atom. The molecule has 0 fully saturated rings. The summed E-state index contributed by atoms with van der Waals surface area (Å²) in [4.78, 5) is 0. The molecule has 3 aromatic rings. The second-order valence-electron chi connectivity index (χ2n) is 7.17. The molecule has 3 aromatic carbocycles. The van der Waals surface area contributed by atoms with Crippen LogP contribution in [0.1, 0.15) is 38.7 Å². The summed E-state index contributed by atoms with van der Waals surface area (Å²) in [5.41, 5.74) is 1.33. The zero-order valence-corrected chi connectivity index (χ0v) is 17.9. The number of para-hydroxylation sites is 1. The quantitative estimate of drug-likeness (QED) is 0.259. The van der Waals surface area contributed by atoms with E-state index in [1.165, 1.54) is 5.56 Å². The van der Waals surface area contributed by atoms with Crippen molar-refractivity contribution in [2.24, 2.45) is 0 Å². The standard InChI is InChI=1S/C26H30O4/c1-4-20(2)22-10-12-25(13-11-22)29-21(3)27-18-19-28-23-14-16-26(17-15-23)30-24-8-6-5-7-9-24/h5-17,20-21H,4,18-19H2,1-3H3. The van der Waals surface area contributed by atoms with E-state index in [0.29, 0.717) is 19.1 Å². The minimum Gasteiger partial charge on any atom is -0.491 e. The van der Waals surface area contributed by atoms with Crippen molar-refractivity contribution >= 4 is 0 Å². The second-order valence-corrected chi connectivity index (χ2v) is 7.17. The van der Waals surface area contributed by atoms with E-state index in [0.717, 1.165) is 29.4 Å². The van der Waals surface area contributed by atoms with Gasteiger partial charge in [0.25, 0.3) is 0 Å². The maximum absolute atomic E-state index is 5.81. The summed E-state index contributed by atoms with van der Waals surface area (Å²) in [6.07, 6.45) is 0.785. The molecule has 4 heteroatoms. The molecule has 30 heavy (non-hydrogen) atoms. The van der Waals surface area contributed by atoms with E-state index >= 15 is 0 Å². The van der Waals surface area contributed by atoms with E-state index in [2.05, 4.69) is 26.0 Å². The fourth-order valence-electron chi connectivity index (χ4n) is 2.94. The van der Waals surface area contributed by atoms with Crippen LogP contribution in [0.3, 0.4) is 0 Å². The predicted molar refractivity (Wildman–Crippen MR) is 120 cm³/mol. The lowest BCUT2D eigenvalue weighted by molar-refractivity contribution is -0.0739. The fourth-order valence-corrected chi connectivity index (χ4v) is 2.94. The normalized spacial score (nSPS) is 12.8. The molecule has 3 rings (SSSR count). The van der Waals surface area contributed by atoms with Crippen molar-refractivity contribution in [3.8, 4) is 23.0 Å². The molecular formula is C26H30O4. The Bertz CT molecular complexity index is 860. The molecule has 2 unspecified atom stereocenters. The van der Waals surface area contributed by atoms with Crippen molar-refractivity contribution < 1.29 is 18.9 Å². The Labute approximate surface area is 179 Å². The number of benzene rings is 3. The Hall–Kier alpha value is -2.98. The second kappa shape index (κ2) is 11.3. The Morgan fingerprint density at radius 1 is 0.667 bits per heavy atom. The molecule has 0 heterocycles. The number of hydrogen-bond donors (Lipinski definition) is 0. The summed E-state index contributed by atoms with van der Waals surface area (Å²) in [5, 5.41) is 0. The summed E-state index contributed by atoms with van der Waals surface area (Å²) < 4.78 is 23.0. The van der Waals surface area contributed by atoms with E-state index in [1.807, 2.05) is 73.7 Å². The smallest absolute Gasteiger partial charge is 0.197 e. The van der Waals surface area contributed by atoms with E-state index in [4.69, 9.17) is 18.9 Å². The van der Waals surface area contributed by atoms with Gasteiger partial charge in [-0.3, -0.25) is 0 Å². The third-order valence-corrected chi connectivity index (χ3v) is 4.87. The van der Waals surface area contributed by atoms with E-state index in [9.17, 15) is 0 Å². The zero-order chi connectivity index (χ0) is 21.2. The molecule has 0 spiro atoms. The van der Waals surface area contributed by atoms with Crippen LogP contribution in [0.5, 0.6) is 23.0 Å². The largest absolute Gasteiger partial charge is 0.491 e. The topological polar surface area (TPSA) is 36.9 Å². The van der Waals surface area contributed by atoms with Gasteiger partial charge in [0, 0.05) is 0 Å². The van der Waals surface area contributed by atoms with E-state index < -0.39 is 0 Å². The highest BCUT2D eigenvalue weighted by molar-refractivity contribution is 5.35. The maximum atomic E-state index is 5.81. The van der Waals surface area contributed by atoms with Crippen molar-refractivity contribution in [2.45, 2.75) is 39.4 Å². The lowest BCUT2D eigenvalue weighted by atomic mass is 9.99. The molecule has 4 nitrogen and oxygen atoms in total. The Kier molecular flexibility index (Phi) is 8.16. The van der Waals surface area contributed by atoms with Crippen LogP contribution in [0.15, 0.2) is 78.9 Å². The van der Waals surface area contributed by atoms with E-state index in [-0.39, 0.29) is 6.29 Å². The third-order valence-electron chi connectivity index (χ3n) is 4.87. The van der Waals surface area contributed by atoms with Gasteiger partial charge in [-0.15, -0.1) is 0 Å². The van der Waals surface area contributed by atoms with Gasteiger partial charge < -0.3 is 18.9 Å². The highest BCUT2D eigenvalue weighted by Gasteiger charge is 2.07. The van der Waals surface area contributed by atoms with Crippen LogP contribution in [0.4, 0.5) is 0 Å². The molecule has 0 aliphatic heterocycles. The first-order valence-electron chi connectivity index (χ1n) is 10.5. The molecule has 0 aromatic heterocycles. The van der Waals surface area contributed by atoms with Gasteiger partial charge in [-0.1, -0.05) is 44.2 Å². The summed E-state index contributed by atoms with van der Waals surface area (Å²) >= 11 is 0. The van der Waals surface area contributed by atoms with Gasteiger partial charge in [0.2, 0.25) is 0 Å². The predicted octanol–water partition coefficient (Wildman–Crippen LogP) is 6.81. The summed E-state index contributed by atoms with van der Waals surface area (Å²) in [6, 6.07) is 25.5. The first kappa shape index (κ1) is 21.7. The first-order chi connectivity index (χ1) is 14.6. The van der Waals surface area contributed by atoms with Gasteiger partial charge in [-0.2, -0.15) is 0 Å². The average Bonchev–Trinajstić information content (AvgIpc) is 2.78. The number of hydrogen-bond acceptors (Lipinski definition) is 4. The van der Waals surface area contributed by atoms with Gasteiger partial charge in [-0.05, 0) is 73.4 Å². The van der Waals surface area contributed by atoms with Crippen LogP contribution < -0.4 is 14.2 Å². The molecule has 0 aliphatic carbocycles. The molecule has 0 aliphatic rings. The maximum Gasteiger partial charge on any atom is 0.197 e. The highest BCUT2D eigenvalue weighted by Crippen LogP contribution is 2.24. The average molecular weight is 407 g/mol. The van der Waals surface area contributed by atoms with Gasteiger partial charge >= 0.3 is 0 Å². The van der Waals surface area contributed by atoms with Crippen LogP contribution in [-0.2, 0) is 4.74 Å². The van der Waals surface area contributed by atoms with Gasteiger partial charge in [0.05, 0.1) is 6.61 Å². The Morgan fingerprint density at radius 2 is 1.27 bits per heavy atom. The Balaban J connectivity index is 1.36. The van der Waals surface area contributed by atoms with Crippen LogP contribution in [0.2, 0.25) is 0 Å². The fraction of sp³-hybridized carbons (Fsp3) is 0.308. The van der Waals surface area contributed by atoms with Crippen LogP contribution in [-0.4, -0.2) is 19.5 Å². The van der Waals surface area contributed by atoms with Crippen LogP contribution in [0.25, 0.3) is 0 Å². The van der Waals surface area contributed by atoms with Crippen molar-refractivity contribution in [3.05, 3.63) is 84.4 Å². The molecule has 0 saturated carbocycles. The van der Waals surface area contributed by atoms with Gasteiger partial charge in [-0.25, -0.2) is 0 Å². The number of ether oxygens (including phenoxy) is 4. The number of rotatable bonds is 11. The molecular weight excluding hydrogens is 376 g/mol. The van der Waals surface area contributed by atoms with Gasteiger partial charge in [0.15, 0.2) is 6.29 Å². The van der Waals surface area contributed by atoms with Crippen molar-refractivity contribution in [2.75, 3.05) is 13.2 Å². The monoisotopic (exact) mass is 406 g/mol. The molecule has 0 amide bonds. The minimum absolute atomic E-state index is 0.343. The van der Waals surface area contributed by atoms with Crippen LogP contribution >= 0.6 is 0 Å². The summed E-state index contributed by atoms with van der Waals surface area (Å²) in [7, 11) is 0. The molecule has 2 atom stereocenters. The molecule has 0 bridgehead atoms.